The van der Waals surface area contributed by atoms with E-state index < -0.39 is 9.84 Å². The molecule has 6 nitrogen and oxygen atoms in total. The van der Waals surface area contributed by atoms with Crippen molar-refractivity contribution < 1.29 is 22.7 Å². The summed E-state index contributed by atoms with van der Waals surface area (Å²) in [6.07, 6.45) is 0.616. The van der Waals surface area contributed by atoms with Gasteiger partial charge >= 0.3 is 0 Å². The Kier molecular flexibility index (Phi) is 6.51. The Hall–Kier alpha value is -2.19. The first-order valence-corrected chi connectivity index (χ1v) is 11.7. The van der Waals surface area contributed by atoms with Crippen molar-refractivity contribution in [1.29, 1.82) is 0 Å². The maximum absolute atomic E-state index is 12.3. The van der Waals surface area contributed by atoms with E-state index in [0.717, 1.165) is 16.9 Å². The van der Waals surface area contributed by atoms with Crippen LogP contribution in [-0.4, -0.2) is 51.1 Å². The van der Waals surface area contributed by atoms with E-state index in [1.807, 2.05) is 36.4 Å². The molecule has 0 radical (unpaired) electrons. The van der Waals surface area contributed by atoms with Crippen LogP contribution in [0.15, 0.2) is 42.5 Å². The van der Waals surface area contributed by atoms with E-state index in [0.29, 0.717) is 17.9 Å². The largest absolute Gasteiger partial charge is 0.497 e. The molecule has 0 bridgehead atoms. The smallest absolute Gasteiger partial charge is 0.234 e. The molecule has 28 heavy (non-hydrogen) atoms. The summed E-state index contributed by atoms with van der Waals surface area (Å²) in [5.41, 5.74) is 2.47. The Morgan fingerprint density at radius 1 is 1.14 bits per heavy atom. The first kappa shape index (κ1) is 20.5. The fourth-order valence-corrected chi connectivity index (χ4v) is 6.51. The maximum Gasteiger partial charge on any atom is 0.234 e. The number of carbonyl (C=O) groups is 1. The molecule has 0 aliphatic carbocycles. The monoisotopic (exact) mass is 421 g/mol. The first-order chi connectivity index (χ1) is 13.4. The summed E-state index contributed by atoms with van der Waals surface area (Å²) < 4.78 is 33.7. The highest BCUT2D eigenvalue weighted by molar-refractivity contribution is 8.02. The molecule has 1 fully saturated rings. The van der Waals surface area contributed by atoms with Gasteiger partial charge in [-0.05, 0) is 42.3 Å². The number of thioether (sulfide) groups is 1. The maximum atomic E-state index is 12.3. The van der Waals surface area contributed by atoms with Gasteiger partial charge in [0.2, 0.25) is 5.91 Å². The molecule has 2 aromatic rings. The van der Waals surface area contributed by atoms with E-state index in [1.54, 1.807) is 20.3 Å². The SMILES string of the molecule is COc1ccc(-c2cc(NC(=O)CS[C@H]3CCS(=O)(=O)C3)ccc2OC)cc1. The summed E-state index contributed by atoms with van der Waals surface area (Å²) in [5, 5.41) is 2.88. The number of rotatable bonds is 7. The number of nitrogens with one attached hydrogen (secondary N) is 1. The third-order valence-corrected chi connectivity index (χ3v) is 7.81. The molecule has 1 aliphatic rings. The quantitative estimate of drug-likeness (QED) is 0.739. The van der Waals surface area contributed by atoms with Gasteiger partial charge in [-0.25, -0.2) is 8.42 Å². The molecule has 1 saturated heterocycles. The molecule has 0 spiro atoms. The van der Waals surface area contributed by atoms with Gasteiger partial charge in [0, 0.05) is 16.5 Å². The zero-order valence-electron chi connectivity index (χ0n) is 15.8. The van der Waals surface area contributed by atoms with Crippen molar-refractivity contribution in [2.45, 2.75) is 11.7 Å². The lowest BCUT2D eigenvalue weighted by Crippen LogP contribution is -2.17. The predicted octanol–water partition coefficient (Wildman–Crippen LogP) is 3.23. The van der Waals surface area contributed by atoms with Crippen molar-refractivity contribution in [2.24, 2.45) is 0 Å². The molecule has 8 heteroatoms. The van der Waals surface area contributed by atoms with Crippen LogP contribution >= 0.6 is 11.8 Å². The minimum atomic E-state index is -2.93. The summed E-state index contributed by atoms with van der Waals surface area (Å²) in [7, 11) is 0.293. The van der Waals surface area contributed by atoms with E-state index in [4.69, 9.17) is 9.47 Å². The van der Waals surface area contributed by atoms with Crippen LogP contribution in [0.4, 0.5) is 5.69 Å². The van der Waals surface area contributed by atoms with Crippen LogP contribution in [0.5, 0.6) is 11.5 Å². The van der Waals surface area contributed by atoms with Crippen LogP contribution in [0.25, 0.3) is 11.1 Å². The summed E-state index contributed by atoms with van der Waals surface area (Å²) in [4.78, 5) is 12.3. The van der Waals surface area contributed by atoms with Crippen molar-refractivity contribution in [3.63, 3.8) is 0 Å². The Morgan fingerprint density at radius 3 is 2.50 bits per heavy atom. The van der Waals surface area contributed by atoms with Gasteiger partial charge in [0.15, 0.2) is 9.84 Å². The Bertz CT molecular complexity index is 942. The summed E-state index contributed by atoms with van der Waals surface area (Å²) in [6.45, 7) is 0. The van der Waals surface area contributed by atoms with Gasteiger partial charge in [0.25, 0.3) is 0 Å². The second-order valence-electron chi connectivity index (χ2n) is 6.53. The van der Waals surface area contributed by atoms with Crippen LogP contribution in [0.3, 0.4) is 0 Å². The number of sulfone groups is 1. The molecule has 1 N–H and O–H groups in total. The second kappa shape index (κ2) is 8.87. The van der Waals surface area contributed by atoms with Gasteiger partial charge in [-0.3, -0.25) is 4.79 Å². The number of methoxy groups -OCH3 is 2. The lowest BCUT2D eigenvalue weighted by Gasteiger charge is -2.13. The molecule has 0 aromatic heterocycles. The highest BCUT2D eigenvalue weighted by Gasteiger charge is 2.28. The van der Waals surface area contributed by atoms with E-state index >= 15 is 0 Å². The van der Waals surface area contributed by atoms with E-state index in [-0.39, 0.29) is 28.4 Å². The molecule has 0 saturated carbocycles. The van der Waals surface area contributed by atoms with Crippen LogP contribution in [-0.2, 0) is 14.6 Å². The molecule has 0 unspecified atom stereocenters. The Labute approximate surface area is 169 Å². The molecule has 1 amide bonds. The molecule has 150 valence electrons. The van der Waals surface area contributed by atoms with Gasteiger partial charge in [-0.15, -0.1) is 11.8 Å². The minimum Gasteiger partial charge on any atom is -0.497 e. The van der Waals surface area contributed by atoms with Crippen LogP contribution in [0, 0.1) is 0 Å². The van der Waals surface area contributed by atoms with E-state index in [2.05, 4.69) is 5.32 Å². The fraction of sp³-hybridized carbons (Fsp3) is 0.350. The van der Waals surface area contributed by atoms with Gasteiger partial charge in [-0.2, -0.15) is 0 Å². The fourth-order valence-electron chi connectivity index (χ4n) is 3.06. The molecule has 3 rings (SSSR count). The first-order valence-electron chi connectivity index (χ1n) is 8.84. The minimum absolute atomic E-state index is 0.00137. The molecule has 1 aliphatic heterocycles. The van der Waals surface area contributed by atoms with Crippen molar-refractivity contribution in [3.8, 4) is 22.6 Å². The van der Waals surface area contributed by atoms with Gasteiger partial charge in [0.05, 0.1) is 31.5 Å². The lowest BCUT2D eigenvalue weighted by molar-refractivity contribution is -0.113. The third-order valence-electron chi connectivity index (χ3n) is 4.53. The normalized spacial score (nSPS) is 17.9. The van der Waals surface area contributed by atoms with Crippen molar-refractivity contribution in [1.82, 2.24) is 0 Å². The molecule has 1 heterocycles. The molecular weight excluding hydrogens is 398 g/mol. The summed E-state index contributed by atoms with van der Waals surface area (Å²) in [6, 6.07) is 13.1. The molecule has 1 atom stereocenters. The average Bonchev–Trinajstić information content (AvgIpc) is 3.05. The number of carbonyl (C=O) groups excluding carboxylic acids is 1. The topological polar surface area (TPSA) is 81.7 Å². The molecular formula is C20H23NO5S2. The number of hydrogen-bond donors (Lipinski definition) is 1. The van der Waals surface area contributed by atoms with Gasteiger partial charge in [-0.1, -0.05) is 12.1 Å². The zero-order chi connectivity index (χ0) is 20.1. The zero-order valence-corrected chi connectivity index (χ0v) is 17.4. The highest BCUT2D eigenvalue weighted by Crippen LogP contribution is 2.33. The highest BCUT2D eigenvalue weighted by atomic mass is 32.2. The summed E-state index contributed by atoms with van der Waals surface area (Å²) in [5.74, 6) is 1.92. The molecule has 2 aromatic carbocycles. The number of hydrogen-bond acceptors (Lipinski definition) is 6. The second-order valence-corrected chi connectivity index (χ2v) is 10.0. The van der Waals surface area contributed by atoms with Crippen molar-refractivity contribution in [3.05, 3.63) is 42.5 Å². The number of ether oxygens (including phenoxy) is 2. The van der Waals surface area contributed by atoms with Gasteiger partial charge in [0.1, 0.15) is 11.5 Å². The average molecular weight is 422 g/mol. The van der Waals surface area contributed by atoms with Crippen molar-refractivity contribution in [2.75, 3.05) is 36.8 Å². The van der Waals surface area contributed by atoms with Crippen molar-refractivity contribution >= 4 is 33.2 Å². The predicted molar refractivity (Wildman–Crippen MR) is 113 cm³/mol. The van der Waals surface area contributed by atoms with Crippen LogP contribution in [0.1, 0.15) is 6.42 Å². The van der Waals surface area contributed by atoms with E-state index in [1.165, 1.54) is 11.8 Å². The number of anilines is 1. The summed E-state index contributed by atoms with van der Waals surface area (Å²) >= 11 is 1.40. The number of amides is 1. The Balaban J connectivity index is 1.67. The van der Waals surface area contributed by atoms with E-state index in [9.17, 15) is 13.2 Å². The standard InChI is InChI=1S/C20H23NO5S2/c1-25-16-6-3-14(4-7-16)18-11-15(5-8-19(18)26-2)21-20(22)12-27-17-9-10-28(23,24)13-17/h3-8,11,17H,9-10,12-13H2,1-2H3,(H,21,22)/t17-/m0/s1. The van der Waals surface area contributed by atoms with Crippen LogP contribution < -0.4 is 14.8 Å². The van der Waals surface area contributed by atoms with Crippen LogP contribution in [0.2, 0.25) is 0 Å². The third kappa shape index (κ3) is 5.20. The Morgan fingerprint density at radius 2 is 1.89 bits per heavy atom. The lowest BCUT2D eigenvalue weighted by atomic mass is 10.0. The number of benzene rings is 2. The van der Waals surface area contributed by atoms with Gasteiger partial charge < -0.3 is 14.8 Å².